The number of aryl methyl sites for hydroxylation is 2. The van der Waals surface area contributed by atoms with E-state index >= 15 is 0 Å². The number of ether oxygens (including phenoxy) is 2. The molecule has 1 N–H and O–H groups in total. The average molecular weight is 598 g/mol. The Morgan fingerprint density at radius 2 is 1.66 bits per heavy atom. The molecule has 1 saturated heterocycles. The molecular formula is C35H43N5O4. The molecule has 0 bridgehead atoms. The number of aromatic nitrogens is 3. The van der Waals surface area contributed by atoms with E-state index in [0.29, 0.717) is 18.1 Å². The van der Waals surface area contributed by atoms with Crippen molar-refractivity contribution >= 4 is 34.2 Å². The van der Waals surface area contributed by atoms with Crippen molar-refractivity contribution < 1.29 is 19.4 Å². The smallest absolute Gasteiger partial charge is 0.337 e. The molecule has 6 rings (SSSR count). The average Bonchev–Trinajstić information content (AvgIpc) is 3.29. The van der Waals surface area contributed by atoms with Crippen LogP contribution >= 0.6 is 0 Å². The van der Waals surface area contributed by atoms with Gasteiger partial charge in [-0.1, -0.05) is 29.8 Å². The summed E-state index contributed by atoms with van der Waals surface area (Å²) in [5.74, 6) is -0.425. The topological polar surface area (TPSA) is 93.0 Å². The van der Waals surface area contributed by atoms with E-state index in [1.54, 1.807) is 0 Å². The van der Waals surface area contributed by atoms with Crippen molar-refractivity contribution in [1.82, 2.24) is 14.5 Å². The van der Waals surface area contributed by atoms with Crippen LogP contribution < -0.4 is 9.80 Å². The monoisotopic (exact) mass is 597 g/mol. The molecule has 0 amide bonds. The molecular weight excluding hydrogens is 554 g/mol. The number of rotatable bonds is 6. The Morgan fingerprint density at radius 3 is 2.25 bits per heavy atom. The van der Waals surface area contributed by atoms with Gasteiger partial charge < -0.3 is 28.9 Å². The van der Waals surface area contributed by atoms with Crippen LogP contribution in [0.25, 0.3) is 22.0 Å². The molecule has 2 aliphatic rings. The molecule has 1 fully saturated rings. The van der Waals surface area contributed by atoms with Crippen LogP contribution in [0.15, 0.2) is 42.7 Å². The van der Waals surface area contributed by atoms with Gasteiger partial charge in [0.1, 0.15) is 0 Å². The summed E-state index contributed by atoms with van der Waals surface area (Å²) in [5.41, 5.74) is 7.92. The number of anilines is 3. The Hall–Kier alpha value is -3.95. The molecule has 9 nitrogen and oxygen atoms in total. The summed E-state index contributed by atoms with van der Waals surface area (Å²) in [6, 6.07) is 10.5. The normalized spacial score (nSPS) is 19.5. The highest BCUT2D eigenvalue weighted by Gasteiger charge is 2.37. The number of carboxylic acids is 1. The predicted molar refractivity (Wildman–Crippen MR) is 174 cm³/mol. The molecule has 2 aromatic carbocycles. The minimum atomic E-state index is -1.17. The lowest BCUT2D eigenvalue weighted by atomic mass is 9.87. The van der Waals surface area contributed by atoms with Crippen molar-refractivity contribution in [3.8, 4) is 11.1 Å². The maximum atomic E-state index is 13.0. The van der Waals surface area contributed by atoms with E-state index in [1.807, 2.05) is 40.1 Å². The number of morpholine rings is 1. The molecule has 0 spiro atoms. The summed E-state index contributed by atoms with van der Waals surface area (Å²) >= 11 is 0. The van der Waals surface area contributed by atoms with Crippen molar-refractivity contribution in [2.24, 2.45) is 0 Å². The van der Waals surface area contributed by atoms with Gasteiger partial charge >= 0.3 is 5.97 Å². The quantitative estimate of drug-likeness (QED) is 0.262. The Bertz CT molecular complexity index is 1690. The maximum Gasteiger partial charge on any atom is 0.337 e. The second-order valence-corrected chi connectivity index (χ2v) is 13.3. The fraction of sp³-hybridized carbons (Fsp3) is 0.457. The van der Waals surface area contributed by atoms with Crippen molar-refractivity contribution in [3.05, 3.63) is 65.1 Å². The van der Waals surface area contributed by atoms with Gasteiger partial charge in [0.05, 0.1) is 47.1 Å². The van der Waals surface area contributed by atoms with Crippen LogP contribution in [0.1, 0.15) is 63.1 Å². The highest BCUT2D eigenvalue weighted by atomic mass is 16.5. The number of carbonyl (C=O) groups is 1. The fourth-order valence-corrected chi connectivity index (χ4v) is 6.84. The van der Waals surface area contributed by atoms with Gasteiger partial charge in [-0.3, -0.25) is 0 Å². The maximum absolute atomic E-state index is 13.0. The van der Waals surface area contributed by atoms with Gasteiger partial charge in [-0.05, 0) is 78.1 Å². The van der Waals surface area contributed by atoms with Crippen molar-refractivity contribution in [3.63, 3.8) is 0 Å². The number of carboxylic acid groups (broad SMARTS) is 1. The Kier molecular flexibility index (Phi) is 7.66. The van der Waals surface area contributed by atoms with E-state index in [2.05, 4.69) is 72.4 Å². The minimum absolute atomic E-state index is 0.135. The van der Waals surface area contributed by atoms with Gasteiger partial charge in [0.2, 0.25) is 5.95 Å². The predicted octanol–water partition coefficient (Wildman–Crippen LogP) is 6.73. The summed E-state index contributed by atoms with van der Waals surface area (Å²) in [5, 5.41) is 11.6. The van der Waals surface area contributed by atoms with Gasteiger partial charge in [0.15, 0.2) is 6.10 Å². The van der Waals surface area contributed by atoms with Gasteiger partial charge in [0, 0.05) is 42.8 Å². The third-order valence-electron chi connectivity index (χ3n) is 8.59. The van der Waals surface area contributed by atoms with Crippen LogP contribution in [-0.2, 0) is 20.8 Å². The summed E-state index contributed by atoms with van der Waals surface area (Å²) in [6.45, 7) is 19.0. The molecule has 0 saturated carbocycles. The number of hydrogen-bond donors (Lipinski definition) is 1. The molecule has 232 valence electrons. The van der Waals surface area contributed by atoms with Crippen LogP contribution in [-0.4, -0.2) is 63.1 Å². The van der Waals surface area contributed by atoms with Crippen LogP contribution in [0.3, 0.4) is 0 Å². The second-order valence-electron chi connectivity index (χ2n) is 13.3. The summed E-state index contributed by atoms with van der Waals surface area (Å²) < 4.78 is 14.6. The molecule has 44 heavy (non-hydrogen) atoms. The second kappa shape index (κ2) is 11.2. The number of nitrogens with zero attached hydrogens (tertiary/aromatic N) is 5. The lowest BCUT2D eigenvalue weighted by molar-refractivity contribution is -0.160. The first-order chi connectivity index (χ1) is 20.8. The highest BCUT2D eigenvalue weighted by Crippen LogP contribution is 2.49. The van der Waals surface area contributed by atoms with Crippen LogP contribution in [0, 0.1) is 20.8 Å². The zero-order valence-corrected chi connectivity index (χ0v) is 27.0. The third kappa shape index (κ3) is 5.43. The zero-order chi connectivity index (χ0) is 31.5. The molecule has 0 radical (unpaired) electrons. The molecule has 2 aromatic heterocycles. The van der Waals surface area contributed by atoms with Crippen molar-refractivity contribution in [1.29, 1.82) is 0 Å². The standard InChI is InChI=1S/C35H43N5O4/c1-20-9-11-25(12-10-20)29-27-15-21(2)39-13-14-40(34-36-16-26(17-37-34)38-18-22(3)43-23(4)19-38)30(31(27)39)24(5)28(29)32(33(41)42)44-35(6,7)8/h9-12,15-17,22-23,32H,13-14,18-19H2,1-8H3,(H,41,42)/t22-,23+,32-/m0/s1. The van der Waals surface area contributed by atoms with Crippen molar-refractivity contribution in [2.75, 3.05) is 29.4 Å². The van der Waals surface area contributed by atoms with E-state index in [0.717, 1.165) is 69.9 Å². The first-order valence-corrected chi connectivity index (χ1v) is 15.5. The SMILES string of the molecule is Cc1ccc(-c2c([C@H](OC(C)(C)C)C(=O)O)c(C)c3c4c2cc(C)n4CCN3c2ncc(N3C[C@@H](C)O[C@@H](C)C3)cn2)cc1. The number of hydrogen-bond acceptors (Lipinski definition) is 7. The van der Waals surface area contributed by atoms with E-state index in [4.69, 9.17) is 19.4 Å². The largest absolute Gasteiger partial charge is 0.479 e. The van der Waals surface area contributed by atoms with Gasteiger partial charge in [-0.25, -0.2) is 14.8 Å². The fourth-order valence-electron chi connectivity index (χ4n) is 6.84. The van der Waals surface area contributed by atoms with E-state index in [-0.39, 0.29) is 12.2 Å². The Balaban J connectivity index is 1.56. The third-order valence-corrected chi connectivity index (χ3v) is 8.59. The van der Waals surface area contributed by atoms with Crippen LogP contribution in [0.2, 0.25) is 0 Å². The first-order valence-electron chi connectivity index (χ1n) is 15.5. The van der Waals surface area contributed by atoms with Crippen LogP contribution in [0.4, 0.5) is 17.3 Å². The minimum Gasteiger partial charge on any atom is -0.479 e. The number of benzene rings is 2. The molecule has 9 heteroatoms. The Morgan fingerprint density at radius 1 is 1.02 bits per heavy atom. The lowest BCUT2D eigenvalue weighted by Gasteiger charge is -2.37. The number of aliphatic carboxylic acids is 1. The lowest BCUT2D eigenvalue weighted by Crippen LogP contribution is -2.45. The van der Waals surface area contributed by atoms with Gasteiger partial charge in [-0.15, -0.1) is 0 Å². The van der Waals surface area contributed by atoms with E-state index in [9.17, 15) is 9.90 Å². The molecule has 4 heterocycles. The summed E-state index contributed by atoms with van der Waals surface area (Å²) in [6.07, 6.45) is 2.88. The molecule has 2 aliphatic heterocycles. The zero-order valence-electron chi connectivity index (χ0n) is 27.0. The molecule has 4 aromatic rings. The van der Waals surface area contributed by atoms with Gasteiger partial charge in [0.25, 0.3) is 0 Å². The van der Waals surface area contributed by atoms with Crippen LogP contribution in [0.5, 0.6) is 0 Å². The van der Waals surface area contributed by atoms with E-state index in [1.165, 1.54) is 0 Å². The summed E-state index contributed by atoms with van der Waals surface area (Å²) in [7, 11) is 0. The van der Waals surface area contributed by atoms with Crippen molar-refractivity contribution in [2.45, 2.75) is 85.8 Å². The van der Waals surface area contributed by atoms with Gasteiger partial charge in [-0.2, -0.15) is 0 Å². The summed E-state index contributed by atoms with van der Waals surface area (Å²) in [4.78, 5) is 27.1. The first kappa shape index (κ1) is 30.1. The molecule has 3 atom stereocenters. The highest BCUT2D eigenvalue weighted by molar-refractivity contribution is 6.08. The van der Waals surface area contributed by atoms with E-state index < -0.39 is 17.7 Å². The molecule has 0 unspecified atom stereocenters. The molecule has 0 aliphatic carbocycles. The Labute approximate surface area is 259 Å².